The highest BCUT2D eigenvalue weighted by Crippen LogP contribution is 1.94. The fourth-order valence-corrected chi connectivity index (χ4v) is 0.660. The lowest BCUT2D eigenvalue weighted by Gasteiger charge is -1.89. The minimum Gasteiger partial charge on any atom is -0.396 e. The van der Waals surface area contributed by atoms with Crippen molar-refractivity contribution in [3.05, 3.63) is 24.3 Å². The predicted octanol–water partition coefficient (Wildman–Crippen LogP) is 2.28. The van der Waals surface area contributed by atoms with E-state index in [1.165, 1.54) is 0 Å². The Hall–Kier alpha value is -0.560. The molecule has 1 heteroatoms. The van der Waals surface area contributed by atoms with Crippen LogP contribution in [0.1, 0.15) is 26.2 Å². The van der Waals surface area contributed by atoms with Crippen LogP contribution in [0.25, 0.3) is 0 Å². The van der Waals surface area contributed by atoms with Crippen molar-refractivity contribution in [3.8, 4) is 0 Å². The first-order chi connectivity index (χ1) is 4.91. The van der Waals surface area contributed by atoms with E-state index in [1.807, 2.05) is 25.2 Å². The van der Waals surface area contributed by atoms with Crippen LogP contribution < -0.4 is 0 Å². The van der Waals surface area contributed by atoms with Gasteiger partial charge in [0.25, 0.3) is 0 Å². The highest BCUT2D eigenvalue weighted by molar-refractivity contribution is 5.00. The van der Waals surface area contributed by atoms with Crippen LogP contribution in [0.15, 0.2) is 24.3 Å². The number of aliphatic hydroxyl groups is 1. The van der Waals surface area contributed by atoms with Crippen molar-refractivity contribution in [2.75, 3.05) is 6.61 Å². The van der Waals surface area contributed by atoms with Crippen molar-refractivity contribution in [2.45, 2.75) is 26.2 Å². The Kier molecular flexibility index (Phi) is 7.97. The highest BCUT2D eigenvalue weighted by atomic mass is 16.2. The van der Waals surface area contributed by atoms with Gasteiger partial charge >= 0.3 is 0 Å². The van der Waals surface area contributed by atoms with Gasteiger partial charge in [0.1, 0.15) is 0 Å². The third-order valence-corrected chi connectivity index (χ3v) is 1.22. The van der Waals surface area contributed by atoms with E-state index in [4.69, 9.17) is 5.11 Å². The summed E-state index contributed by atoms with van der Waals surface area (Å²) in [5, 5.41) is 8.43. The quantitative estimate of drug-likeness (QED) is 0.459. The Balaban J connectivity index is 3.02. The Bertz CT molecular complexity index is 103. The maximum absolute atomic E-state index is 8.43. The zero-order valence-electron chi connectivity index (χ0n) is 6.59. The van der Waals surface area contributed by atoms with Crippen molar-refractivity contribution >= 4 is 0 Å². The van der Waals surface area contributed by atoms with Crippen LogP contribution in [0.2, 0.25) is 0 Å². The minimum atomic E-state index is 0.317. The van der Waals surface area contributed by atoms with E-state index in [0.717, 1.165) is 19.3 Å². The lowest BCUT2D eigenvalue weighted by atomic mass is 10.2. The lowest BCUT2D eigenvalue weighted by molar-refractivity contribution is 0.285. The molecule has 58 valence electrons. The average Bonchev–Trinajstić information content (AvgIpc) is 1.97. The number of allylic oxidation sites excluding steroid dienone is 4. The molecule has 0 bridgehead atoms. The molecule has 0 radical (unpaired) electrons. The molecule has 0 aliphatic heterocycles. The lowest BCUT2D eigenvalue weighted by Crippen LogP contribution is -1.79. The monoisotopic (exact) mass is 140 g/mol. The zero-order valence-corrected chi connectivity index (χ0v) is 6.59. The summed E-state index contributed by atoms with van der Waals surface area (Å²) in [7, 11) is 0. The predicted molar refractivity (Wildman–Crippen MR) is 44.9 cm³/mol. The van der Waals surface area contributed by atoms with Gasteiger partial charge < -0.3 is 5.11 Å². The van der Waals surface area contributed by atoms with Crippen molar-refractivity contribution in [1.29, 1.82) is 0 Å². The molecule has 0 aliphatic carbocycles. The van der Waals surface area contributed by atoms with Crippen molar-refractivity contribution < 1.29 is 5.11 Å². The van der Waals surface area contributed by atoms with Gasteiger partial charge in [0, 0.05) is 6.61 Å². The Labute approximate surface area is 63.1 Å². The van der Waals surface area contributed by atoms with E-state index < -0.39 is 0 Å². The molecule has 0 saturated heterocycles. The first kappa shape index (κ1) is 9.44. The standard InChI is InChI=1S/C9H16O/c1-2-3-4-5-6-7-8-9-10/h2-5,10H,6-9H2,1H3/b3-2-,5-4-. The first-order valence-electron chi connectivity index (χ1n) is 3.80. The van der Waals surface area contributed by atoms with E-state index in [9.17, 15) is 0 Å². The summed E-state index contributed by atoms with van der Waals surface area (Å²) in [6.07, 6.45) is 11.3. The topological polar surface area (TPSA) is 20.2 Å². The summed E-state index contributed by atoms with van der Waals surface area (Å²) in [6, 6.07) is 0. The van der Waals surface area contributed by atoms with Gasteiger partial charge in [0.05, 0.1) is 0 Å². The first-order valence-corrected chi connectivity index (χ1v) is 3.80. The molecule has 0 amide bonds. The largest absolute Gasteiger partial charge is 0.396 e. The van der Waals surface area contributed by atoms with Crippen molar-refractivity contribution in [2.24, 2.45) is 0 Å². The molecule has 1 nitrogen and oxygen atoms in total. The molecule has 0 unspecified atom stereocenters. The molecule has 0 saturated carbocycles. The molecule has 0 aliphatic rings. The van der Waals surface area contributed by atoms with Gasteiger partial charge in [-0.1, -0.05) is 24.3 Å². The fourth-order valence-electron chi connectivity index (χ4n) is 0.660. The summed E-state index contributed by atoms with van der Waals surface area (Å²) in [4.78, 5) is 0. The number of unbranched alkanes of at least 4 members (excludes halogenated alkanes) is 2. The average molecular weight is 140 g/mol. The second kappa shape index (κ2) is 8.44. The van der Waals surface area contributed by atoms with Crippen LogP contribution >= 0.6 is 0 Å². The molecular weight excluding hydrogens is 124 g/mol. The van der Waals surface area contributed by atoms with E-state index >= 15 is 0 Å². The summed E-state index contributed by atoms with van der Waals surface area (Å²) in [5.41, 5.74) is 0. The molecule has 10 heavy (non-hydrogen) atoms. The van der Waals surface area contributed by atoms with E-state index in [1.54, 1.807) is 0 Å². The zero-order chi connectivity index (χ0) is 7.66. The molecule has 0 aromatic heterocycles. The maximum Gasteiger partial charge on any atom is 0.0431 e. The summed E-state index contributed by atoms with van der Waals surface area (Å²) >= 11 is 0. The van der Waals surface area contributed by atoms with Crippen molar-refractivity contribution in [3.63, 3.8) is 0 Å². The molecule has 0 aromatic rings. The molecule has 0 atom stereocenters. The SMILES string of the molecule is C/C=C\C=C/CCCCO. The second-order valence-electron chi connectivity index (χ2n) is 2.17. The van der Waals surface area contributed by atoms with E-state index in [-0.39, 0.29) is 0 Å². The number of aliphatic hydroxyl groups excluding tert-OH is 1. The van der Waals surface area contributed by atoms with Gasteiger partial charge in [-0.25, -0.2) is 0 Å². The van der Waals surface area contributed by atoms with E-state index in [0.29, 0.717) is 6.61 Å². The third kappa shape index (κ3) is 7.44. The Morgan fingerprint density at radius 3 is 2.60 bits per heavy atom. The van der Waals surface area contributed by atoms with Crippen LogP contribution in [0.4, 0.5) is 0 Å². The number of rotatable bonds is 5. The van der Waals surface area contributed by atoms with Crippen LogP contribution in [0.3, 0.4) is 0 Å². The van der Waals surface area contributed by atoms with Gasteiger partial charge in [-0.15, -0.1) is 0 Å². The van der Waals surface area contributed by atoms with Crippen LogP contribution in [-0.4, -0.2) is 11.7 Å². The summed E-state index contributed by atoms with van der Waals surface area (Å²) in [5.74, 6) is 0. The van der Waals surface area contributed by atoms with Gasteiger partial charge in [-0.2, -0.15) is 0 Å². The molecule has 0 rings (SSSR count). The van der Waals surface area contributed by atoms with Crippen LogP contribution in [-0.2, 0) is 0 Å². The molecule has 0 heterocycles. The highest BCUT2D eigenvalue weighted by Gasteiger charge is 1.79. The minimum absolute atomic E-state index is 0.317. The molecule has 1 N–H and O–H groups in total. The second-order valence-corrected chi connectivity index (χ2v) is 2.17. The third-order valence-electron chi connectivity index (χ3n) is 1.22. The molecular formula is C9H16O. The smallest absolute Gasteiger partial charge is 0.0431 e. The number of hydrogen-bond donors (Lipinski definition) is 1. The maximum atomic E-state index is 8.43. The molecule has 0 fully saturated rings. The Morgan fingerprint density at radius 1 is 1.20 bits per heavy atom. The fraction of sp³-hybridized carbons (Fsp3) is 0.556. The summed E-state index contributed by atoms with van der Waals surface area (Å²) in [6.45, 7) is 2.32. The van der Waals surface area contributed by atoms with Gasteiger partial charge in [0.15, 0.2) is 0 Å². The van der Waals surface area contributed by atoms with E-state index in [2.05, 4.69) is 6.08 Å². The normalized spacial score (nSPS) is 11.8. The van der Waals surface area contributed by atoms with Gasteiger partial charge in [-0.3, -0.25) is 0 Å². The number of hydrogen-bond acceptors (Lipinski definition) is 1. The molecule has 0 aromatic carbocycles. The molecule has 0 spiro atoms. The van der Waals surface area contributed by atoms with Gasteiger partial charge in [-0.05, 0) is 26.2 Å². The van der Waals surface area contributed by atoms with Gasteiger partial charge in [0.2, 0.25) is 0 Å². The van der Waals surface area contributed by atoms with Crippen molar-refractivity contribution in [1.82, 2.24) is 0 Å². The Morgan fingerprint density at radius 2 is 2.00 bits per heavy atom. The summed E-state index contributed by atoms with van der Waals surface area (Å²) < 4.78 is 0. The van der Waals surface area contributed by atoms with Crippen LogP contribution in [0.5, 0.6) is 0 Å². The van der Waals surface area contributed by atoms with Crippen LogP contribution in [0, 0.1) is 0 Å².